The smallest absolute Gasteiger partial charge is 0.223 e. The maximum atomic E-state index is 14.5. The van der Waals surface area contributed by atoms with Crippen molar-refractivity contribution in [3.05, 3.63) is 47.5 Å². The fourth-order valence-corrected chi connectivity index (χ4v) is 4.51. The zero-order valence-electron chi connectivity index (χ0n) is 16.0. The van der Waals surface area contributed by atoms with Crippen molar-refractivity contribution in [2.75, 3.05) is 24.7 Å². The molecule has 0 unspecified atom stereocenters. The number of nitrogens with one attached hydrogen (secondary N) is 1. The average Bonchev–Trinajstić information content (AvgIpc) is 2.69. The Bertz CT molecular complexity index is 1170. The van der Waals surface area contributed by atoms with Crippen LogP contribution in [-0.4, -0.2) is 53.1 Å². The molecule has 1 aromatic carbocycles. The van der Waals surface area contributed by atoms with Crippen LogP contribution in [0.25, 0.3) is 22.2 Å². The van der Waals surface area contributed by atoms with E-state index in [1.807, 2.05) is 0 Å². The van der Waals surface area contributed by atoms with Crippen molar-refractivity contribution in [1.29, 1.82) is 0 Å². The number of fused-ring (bicyclic) bond motifs is 1. The number of benzene rings is 1. The summed E-state index contributed by atoms with van der Waals surface area (Å²) >= 11 is 6.28. The van der Waals surface area contributed by atoms with Crippen molar-refractivity contribution in [3.8, 4) is 11.3 Å². The highest BCUT2D eigenvalue weighted by atomic mass is 35.5. The predicted molar refractivity (Wildman–Crippen MR) is 118 cm³/mol. The van der Waals surface area contributed by atoms with E-state index in [0.29, 0.717) is 53.5 Å². The first kappa shape index (κ1) is 22.6. The zero-order chi connectivity index (χ0) is 20.6. The molecule has 0 saturated carbocycles. The van der Waals surface area contributed by atoms with Crippen LogP contribution in [0.2, 0.25) is 5.02 Å². The molecule has 0 spiro atoms. The number of sulfonamides is 1. The fourth-order valence-electron chi connectivity index (χ4n) is 3.44. The Hall–Kier alpha value is -2.07. The predicted octanol–water partition coefficient (Wildman–Crippen LogP) is 3.74. The van der Waals surface area contributed by atoms with Gasteiger partial charge in [-0.25, -0.2) is 27.1 Å². The van der Waals surface area contributed by atoms with Crippen LogP contribution in [0.4, 0.5) is 10.3 Å². The van der Waals surface area contributed by atoms with E-state index in [1.165, 1.54) is 22.8 Å². The summed E-state index contributed by atoms with van der Waals surface area (Å²) in [4.78, 5) is 12.8. The van der Waals surface area contributed by atoms with Crippen molar-refractivity contribution in [3.63, 3.8) is 0 Å². The molecule has 0 aliphatic carbocycles. The van der Waals surface area contributed by atoms with Gasteiger partial charge in [-0.05, 0) is 31.0 Å². The lowest BCUT2D eigenvalue weighted by Gasteiger charge is -2.30. The number of hydrogen-bond acceptors (Lipinski definition) is 6. The maximum Gasteiger partial charge on any atom is 0.223 e. The van der Waals surface area contributed by atoms with Gasteiger partial charge in [0.05, 0.1) is 23.2 Å². The lowest BCUT2D eigenvalue weighted by Crippen LogP contribution is -2.42. The van der Waals surface area contributed by atoms with Crippen molar-refractivity contribution >= 4 is 50.9 Å². The molecule has 3 heterocycles. The molecular formula is C19H20Cl2FN5O2S. The van der Waals surface area contributed by atoms with Crippen molar-refractivity contribution in [2.24, 2.45) is 0 Å². The first-order valence-corrected chi connectivity index (χ1v) is 11.3. The number of nitrogens with zero attached hydrogens (tertiary/aromatic N) is 4. The van der Waals surface area contributed by atoms with Crippen LogP contribution in [0, 0.1) is 5.82 Å². The van der Waals surface area contributed by atoms with Gasteiger partial charge in [0.2, 0.25) is 16.0 Å². The van der Waals surface area contributed by atoms with E-state index in [4.69, 9.17) is 11.6 Å². The second-order valence-corrected chi connectivity index (χ2v) is 9.39. The number of halogens is 3. The number of pyridine rings is 1. The number of piperidine rings is 1. The van der Waals surface area contributed by atoms with Crippen LogP contribution >= 0.6 is 24.0 Å². The zero-order valence-corrected chi connectivity index (χ0v) is 18.4. The van der Waals surface area contributed by atoms with Crippen LogP contribution in [0.3, 0.4) is 0 Å². The Morgan fingerprint density at radius 3 is 2.67 bits per heavy atom. The lowest BCUT2D eigenvalue weighted by molar-refractivity contribution is 0.331. The minimum absolute atomic E-state index is 0. The van der Waals surface area contributed by atoms with E-state index >= 15 is 0 Å². The van der Waals surface area contributed by atoms with E-state index in [2.05, 4.69) is 20.3 Å². The minimum Gasteiger partial charge on any atom is -0.351 e. The summed E-state index contributed by atoms with van der Waals surface area (Å²) in [6.45, 7) is 0.889. The highest BCUT2D eigenvalue weighted by Gasteiger charge is 2.25. The first-order chi connectivity index (χ1) is 13.8. The van der Waals surface area contributed by atoms with Gasteiger partial charge in [0.1, 0.15) is 11.3 Å². The lowest BCUT2D eigenvalue weighted by atomic mass is 10.1. The van der Waals surface area contributed by atoms with Crippen LogP contribution in [0.15, 0.2) is 36.7 Å². The van der Waals surface area contributed by atoms with Gasteiger partial charge in [0.15, 0.2) is 0 Å². The monoisotopic (exact) mass is 471 g/mol. The third-order valence-electron chi connectivity index (χ3n) is 4.93. The highest BCUT2D eigenvalue weighted by Crippen LogP contribution is 2.30. The van der Waals surface area contributed by atoms with Crippen LogP contribution < -0.4 is 5.32 Å². The quantitative estimate of drug-likeness (QED) is 0.623. The molecule has 11 heteroatoms. The minimum atomic E-state index is -3.18. The third kappa shape index (κ3) is 4.80. The SMILES string of the molecule is CS(=O)(=O)N1CCC(Nc2ncc(Cl)c(-c3cc(F)c4ncccc4c3)n2)CC1.Cl. The summed E-state index contributed by atoms with van der Waals surface area (Å²) < 4.78 is 39.2. The molecule has 0 amide bonds. The molecule has 0 bridgehead atoms. The van der Waals surface area contributed by atoms with Gasteiger partial charge in [-0.3, -0.25) is 4.98 Å². The van der Waals surface area contributed by atoms with Gasteiger partial charge >= 0.3 is 0 Å². The molecule has 0 radical (unpaired) electrons. The van der Waals surface area contributed by atoms with Gasteiger partial charge in [-0.2, -0.15) is 0 Å². The van der Waals surface area contributed by atoms with Crippen LogP contribution in [0.1, 0.15) is 12.8 Å². The maximum absolute atomic E-state index is 14.5. The fraction of sp³-hybridized carbons (Fsp3) is 0.316. The van der Waals surface area contributed by atoms with Crippen LogP contribution in [0.5, 0.6) is 0 Å². The molecule has 1 fully saturated rings. The highest BCUT2D eigenvalue weighted by molar-refractivity contribution is 7.88. The molecule has 3 aromatic rings. The number of anilines is 1. The number of hydrogen-bond donors (Lipinski definition) is 1. The molecule has 7 nitrogen and oxygen atoms in total. The summed E-state index contributed by atoms with van der Waals surface area (Å²) in [5.41, 5.74) is 1.24. The molecule has 30 heavy (non-hydrogen) atoms. The van der Waals surface area contributed by atoms with Gasteiger partial charge in [0.25, 0.3) is 0 Å². The molecule has 1 saturated heterocycles. The van der Waals surface area contributed by atoms with E-state index in [-0.39, 0.29) is 24.0 Å². The number of rotatable bonds is 4. The first-order valence-electron chi connectivity index (χ1n) is 9.10. The van der Waals surface area contributed by atoms with Gasteiger partial charge in [-0.1, -0.05) is 17.7 Å². The van der Waals surface area contributed by atoms with Crippen molar-refractivity contribution in [1.82, 2.24) is 19.3 Å². The third-order valence-corrected chi connectivity index (χ3v) is 6.51. The average molecular weight is 472 g/mol. The van der Waals surface area contributed by atoms with Crippen molar-refractivity contribution in [2.45, 2.75) is 18.9 Å². The van der Waals surface area contributed by atoms with E-state index in [0.717, 1.165) is 0 Å². The van der Waals surface area contributed by atoms with Crippen molar-refractivity contribution < 1.29 is 12.8 Å². The van der Waals surface area contributed by atoms with E-state index < -0.39 is 15.8 Å². The molecule has 1 N–H and O–H groups in total. The summed E-state index contributed by atoms with van der Waals surface area (Å²) in [5.74, 6) is -0.0793. The Morgan fingerprint density at radius 1 is 1.23 bits per heavy atom. The number of aromatic nitrogens is 3. The normalized spacial score (nSPS) is 15.7. The second kappa shape index (κ2) is 8.97. The largest absolute Gasteiger partial charge is 0.351 e. The molecule has 1 aliphatic heterocycles. The Morgan fingerprint density at radius 2 is 1.97 bits per heavy atom. The molecule has 4 rings (SSSR count). The molecule has 0 atom stereocenters. The Kier molecular flexibility index (Phi) is 6.76. The summed E-state index contributed by atoms with van der Waals surface area (Å²) in [5, 5.41) is 4.20. The van der Waals surface area contributed by atoms with E-state index in [9.17, 15) is 12.8 Å². The Balaban J connectivity index is 0.00000256. The molecular weight excluding hydrogens is 452 g/mol. The molecule has 1 aliphatic rings. The molecule has 2 aromatic heterocycles. The standard InChI is InChI=1S/C19H19ClFN5O2S.ClH/c1-29(27,28)26-7-4-14(5-8-26)24-19-23-11-15(20)17(25-19)13-9-12-3-2-6-22-18(12)16(21)10-13;/h2-3,6,9-11,14H,4-5,7-8H2,1H3,(H,23,24,25);1H. The molecule has 160 valence electrons. The van der Waals surface area contributed by atoms with Gasteiger partial charge in [0, 0.05) is 36.3 Å². The second-order valence-electron chi connectivity index (χ2n) is 7.00. The summed E-state index contributed by atoms with van der Waals surface area (Å²) in [6, 6.07) is 6.70. The topological polar surface area (TPSA) is 88.1 Å². The Labute approximate surface area is 185 Å². The van der Waals surface area contributed by atoms with Crippen LogP contribution in [-0.2, 0) is 10.0 Å². The van der Waals surface area contributed by atoms with Gasteiger partial charge < -0.3 is 5.32 Å². The van der Waals surface area contributed by atoms with Gasteiger partial charge in [-0.15, -0.1) is 12.4 Å². The van der Waals surface area contributed by atoms with E-state index in [1.54, 1.807) is 24.4 Å². The summed E-state index contributed by atoms with van der Waals surface area (Å²) in [6.07, 6.45) is 5.52. The summed E-state index contributed by atoms with van der Waals surface area (Å²) in [7, 11) is -3.18.